The van der Waals surface area contributed by atoms with E-state index in [4.69, 9.17) is 46.4 Å². The van der Waals surface area contributed by atoms with Gasteiger partial charge in [0.05, 0.1) is 15.6 Å². The van der Waals surface area contributed by atoms with Crippen molar-refractivity contribution in [2.24, 2.45) is 0 Å². The number of rotatable bonds is 12. The Hall–Kier alpha value is -3.27. The van der Waals surface area contributed by atoms with E-state index in [1.807, 2.05) is 37.3 Å². The van der Waals surface area contributed by atoms with Crippen molar-refractivity contribution in [1.82, 2.24) is 10.2 Å². The molecule has 1 saturated carbocycles. The summed E-state index contributed by atoms with van der Waals surface area (Å²) in [5.41, 5.74) is 2.12. The number of anilines is 1. The third-order valence-corrected chi connectivity index (χ3v) is 11.7. The average Bonchev–Trinajstić information content (AvgIpc) is 3.08. The Morgan fingerprint density at radius 2 is 1.47 bits per heavy atom. The third kappa shape index (κ3) is 9.30. The van der Waals surface area contributed by atoms with Crippen LogP contribution in [0.3, 0.4) is 0 Å². The first-order chi connectivity index (χ1) is 23.4. The molecule has 0 saturated heterocycles. The molecule has 4 aromatic carbocycles. The first-order valence-electron chi connectivity index (χ1n) is 16.0. The number of halogens is 4. The molecule has 7 nitrogen and oxygen atoms in total. The lowest BCUT2D eigenvalue weighted by Crippen LogP contribution is -2.55. The number of nitrogens with zero attached hydrogens (tertiary/aromatic N) is 2. The Kier molecular flexibility index (Phi) is 12.6. The van der Waals surface area contributed by atoms with Gasteiger partial charge in [0.2, 0.25) is 11.8 Å². The number of benzene rings is 4. The Morgan fingerprint density at radius 1 is 0.816 bits per heavy atom. The Labute approximate surface area is 308 Å². The topological polar surface area (TPSA) is 86.8 Å². The zero-order chi connectivity index (χ0) is 35.1. The zero-order valence-corrected chi connectivity index (χ0v) is 30.8. The van der Waals surface area contributed by atoms with Crippen LogP contribution in [0.5, 0.6) is 0 Å². The molecule has 0 radical (unpaired) electrons. The molecule has 1 fully saturated rings. The monoisotopic (exact) mass is 759 g/mol. The largest absolute Gasteiger partial charge is 0.352 e. The van der Waals surface area contributed by atoms with Gasteiger partial charge in [-0.3, -0.25) is 13.9 Å². The van der Waals surface area contributed by atoms with Crippen molar-refractivity contribution in [2.45, 2.75) is 69.0 Å². The van der Waals surface area contributed by atoms with Gasteiger partial charge in [-0.05, 0) is 67.8 Å². The summed E-state index contributed by atoms with van der Waals surface area (Å²) in [5.74, 6) is -1.01. The summed E-state index contributed by atoms with van der Waals surface area (Å²) >= 11 is 26.2. The van der Waals surface area contributed by atoms with Gasteiger partial charge in [-0.2, -0.15) is 0 Å². The standard InChI is InChI=1S/C37H37Cl4N3O4S/c1-25-15-18-29(19-16-25)49(47,48)44(34-22-27(38)17-20-33(34)41)24-36(45)43(23-30-31(39)13-8-14-32(30)40)35(21-26-9-4-2-5-10-26)37(46)42-28-11-6-3-7-12-28/h2,4-5,8-10,13-20,22,28,35H,3,6-7,11-12,21,23-24H2,1H3,(H,42,46). The smallest absolute Gasteiger partial charge is 0.264 e. The fourth-order valence-electron chi connectivity index (χ4n) is 5.98. The molecule has 2 amide bonds. The van der Waals surface area contributed by atoms with Crippen LogP contribution in [0, 0.1) is 6.92 Å². The maximum atomic E-state index is 14.8. The number of carbonyl (C=O) groups excluding carboxylic acids is 2. The van der Waals surface area contributed by atoms with E-state index in [9.17, 15) is 18.0 Å². The first-order valence-corrected chi connectivity index (χ1v) is 19.0. The van der Waals surface area contributed by atoms with Crippen LogP contribution < -0.4 is 9.62 Å². The minimum absolute atomic E-state index is 0.0186. The summed E-state index contributed by atoms with van der Waals surface area (Å²) < 4.78 is 29.6. The Balaban J connectivity index is 1.61. The van der Waals surface area contributed by atoms with Gasteiger partial charge in [0.25, 0.3) is 10.0 Å². The molecule has 1 unspecified atom stereocenters. The minimum Gasteiger partial charge on any atom is -0.352 e. The predicted octanol–water partition coefficient (Wildman–Crippen LogP) is 8.89. The summed E-state index contributed by atoms with van der Waals surface area (Å²) in [4.78, 5) is 30.4. The summed E-state index contributed by atoms with van der Waals surface area (Å²) in [6.07, 6.45) is 4.94. The van der Waals surface area contributed by atoms with Crippen molar-refractivity contribution in [3.05, 3.63) is 128 Å². The molecule has 0 bridgehead atoms. The minimum atomic E-state index is -4.37. The van der Waals surface area contributed by atoms with Crippen LogP contribution in [0.1, 0.15) is 48.8 Å². The number of nitrogens with one attached hydrogen (secondary N) is 1. The van der Waals surface area contributed by atoms with Gasteiger partial charge in [-0.15, -0.1) is 0 Å². The van der Waals surface area contributed by atoms with Crippen molar-refractivity contribution in [3.63, 3.8) is 0 Å². The number of hydrogen-bond acceptors (Lipinski definition) is 4. The molecule has 0 heterocycles. The SMILES string of the molecule is Cc1ccc(S(=O)(=O)N(CC(=O)N(Cc2c(Cl)cccc2Cl)C(Cc2ccccc2)C(=O)NC2CCCCC2)c2cc(Cl)ccc2Cl)cc1. The number of sulfonamides is 1. The molecule has 0 spiro atoms. The second-order valence-corrected chi connectivity index (χ2v) is 15.7. The highest BCUT2D eigenvalue weighted by molar-refractivity contribution is 7.92. The number of hydrogen-bond donors (Lipinski definition) is 1. The molecule has 0 aromatic heterocycles. The molecule has 1 atom stereocenters. The van der Waals surface area contributed by atoms with Crippen LogP contribution >= 0.6 is 46.4 Å². The maximum Gasteiger partial charge on any atom is 0.264 e. The van der Waals surface area contributed by atoms with Gasteiger partial charge in [0.1, 0.15) is 12.6 Å². The molecule has 0 aliphatic heterocycles. The van der Waals surface area contributed by atoms with E-state index in [1.54, 1.807) is 30.3 Å². The molecular formula is C37H37Cl4N3O4S. The summed E-state index contributed by atoms with van der Waals surface area (Å²) in [6.45, 7) is 0.990. The number of aryl methyl sites for hydroxylation is 1. The highest BCUT2D eigenvalue weighted by Crippen LogP contribution is 2.34. The van der Waals surface area contributed by atoms with Gasteiger partial charge in [-0.25, -0.2) is 8.42 Å². The summed E-state index contributed by atoms with van der Waals surface area (Å²) in [5, 5.41) is 4.09. The number of amides is 2. The van der Waals surface area contributed by atoms with E-state index >= 15 is 0 Å². The molecule has 1 aliphatic rings. The normalized spacial score (nSPS) is 14.2. The maximum absolute atomic E-state index is 14.8. The van der Waals surface area contributed by atoms with Crippen molar-refractivity contribution in [2.75, 3.05) is 10.8 Å². The zero-order valence-electron chi connectivity index (χ0n) is 26.9. The van der Waals surface area contributed by atoms with E-state index in [2.05, 4.69) is 5.32 Å². The molecule has 1 aliphatic carbocycles. The molecule has 1 N–H and O–H groups in total. The van der Waals surface area contributed by atoms with Crippen molar-refractivity contribution < 1.29 is 18.0 Å². The second-order valence-electron chi connectivity index (χ2n) is 12.2. The van der Waals surface area contributed by atoms with Crippen LogP contribution in [-0.2, 0) is 32.6 Å². The highest BCUT2D eigenvalue weighted by atomic mass is 35.5. The van der Waals surface area contributed by atoms with Crippen LogP contribution in [-0.4, -0.2) is 43.8 Å². The van der Waals surface area contributed by atoms with Crippen LogP contribution in [0.15, 0.2) is 95.9 Å². The number of carbonyl (C=O) groups is 2. The lowest BCUT2D eigenvalue weighted by atomic mass is 9.94. The highest BCUT2D eigenvalue weighted by Gasteiger charge is 2.36. The van der Waals surface area contributed by atoms with Crippen LogP contribution in [0.25, 0.3) is 0 Å². The molecule has 12 heteroatoms. The van der Waals surface area contributed by atoms with Gasteiger partial charge >= 0.3 is 0 Å². The quantitative estimate of drug-likeness (QED) is 0.156. The van der Waals surface area contributed by atoms with Crippen molar-refractivity contribution in [1.29, 1.82) is 0 Å². The second kappa shape index (κ2) is 16.6. The van der Waals surface area contributed by atoms with E-state index in [1.165, 1.54) is 35.2 Å². The predicted molar refractivity (Wildman–Crippen MR) is 198 cm³/mol. The molecule has 4 aromatic rings. The fourth-order valence-corrected chi connectivity index (χ4v) is 8.36. The lowest BCUT2D eigenvalue weighted by Gasteiger charge is -2.35. The summed E-state index contributed by atoms with van der Waals surface area (Å²) in [6, 6.07) is 24.0. The Morgan fingerprint density at radius 3 is 2.12 bits per heavy atom. The first kappa shape index (κ1) is 37.0. The molecular weight excluding hydrogens is 724 g/mol. The Bertz CT molecular complexity index is 1870. The van der Waals surface area contributed by atoms with E-state index in [0.29, 0.717) is 15.6 Å². The van der Waals surface area contributed by atoms with Gasteiger partial charge in [-0.1, -0.05) is 120 Å². The van der Waals surface area contributed by atoms with Crippen molar-refractivity contribution >= 4 is 73.9 Å². The summed E-state index contributed by atoms with van der Waals surface area (Å²) in [7, 11) is -4.37. The average molecular weight is 762 g/mol. The van der Waals surface area contributed by atoms with Crippen LogP contribution in [0.2, 0.25) is 20.1 Å². The molecule has 5 rings (SSSR count). The lowest BCUT2D eigenvalue weighted by molar-refractivity contribution is -0.140. The molecule has 258 valence electrons. The fraction of sp³-hybridized carbons (Fsp3) is 0.297. The van der Waals surface area contributed by atoms with Gasteiger partial charge < -0.3 is 10.2 Å². The van der Waals surface area contributed by atoms with Gasteiger partial charge in [0.15, 0.2) is 0 Å². The van der Waals surface area contributed by atoms with E-state index in [-0.39, 0.29) is 45.5 Å². The third-order valence-electron chi connectivity index (χ3n) is 8.68. The van der Waals surface area contributed by atoms with E-state index in [0.717, 1.165) is 47.5 Å². The van der Waals surface area contributed by atoms with Crippen molar-refractivity contribution in [3.8, 4) is 0 Å². The van der Waals surface area contributed by atoms with Crippen LogP contribution in [0.4, 0.5) is 5.69 Å². The van der Waals surface area contributed by atoms with Gasteiger partial charge in [0, 0.05) is 39.6 Å². The molecule has 49 heavy (non-hydrogen) atoms. The van der Waals surface area contributed by atoms with E-state index < -0.39 is 28.5 Å².